The van der Waals surface area contributed by atoms with Crippen molar-refractivity contribution in [2.75, 3.05) is 5.32 Å². The molecule has 1 saturated carbocycles. The highest BCUT2D eigenvalue weighted by Crippen LogP contribution is 2.33. The number of rotatable bonds is 5. The Morgan fingerprint density at radius 2 is 1.90 bits per heavy atom. The van der Waals surface area contributed by atoms with Crippen molar-refractivity contribution in [2.45, 2.75) is 44.6 Å². The molecular weight excluding hydrogens is 394 g/mol. The van der Waals surface area contributed by atoms with Gasteiger partial charge in [0.1, 0.15) is 11.5 Å². The molecule has 5 rings (SSSR count). The van der Waals surface area contributed by atoms with Crippen molar-refractivity contribution in [3.05, 3.63) is 48.9 Å². The van der Waals surface area contributed by atoms with Gasteiger partial charge in [-0.3, -0.25) is 9.67 Å². The molecule has 1 aromatic carbocycles. The van der Waals surface area contributed by atoms with Crippen LogP contribution >= 0.6 is 11.3 Å². The van der Waals surface area contributed by atoms with Gasteiger partial charge in [-0.15, -0.1) is 0 Å². The van der Waals surface area contributed by atoms with Gasteiger partial charge in [0.15, 0.2) is 5.13 Å². The highest BCUT2D eigenvalue weighted by molar-refractivity contribution is 7.22. The topological polar surface area (TPSA) is 64.9 Å². The van der Waals surface area contributed by atoms with E-state index in [0.717, 1.165) is 38.1 Å². The zero-order valence-corrected chi connectivity index (χ0v) is 17.9. The molecule has 1 aliphatic rings. The summed E-state index contributed by atoms with van der Waals surface area (Å²) in [6.45, 7) is 0. The van der Waals surface area contributed by atoms with Crippen molar-refractivity contribution >= 4 is 26.7 Å². The number of fused-ring (bicyclic) bond motifs is 1. The Morgan fingerprint density at radius 3 is 2.70 bits per heavy atom. The SMILES string of the molecule is Cn1cc(-c2cc(Oc3ccc4nc(NC5CCCCCC5)sc4c3)ccn2)cn1. The molecule has 7 heteroatoms. The fourth-order valence-electron chi connectivity index (χ4n) is 3.95. The van der Waals surface area contributed by atoms with Gasteiger partial charge in [-0.2, -0.15) is 5.10 Å². The summed E-state index contributed by atoms with van der Waals surface area (Å²) in [6, 6.07) is 10.4. The van der Waals surface area contributed by atoms with E-state index >= 15 is 0 Å². The Hall–Kier alpha value is -2.93. The molecule has 0 saturated heterocycles. The number of aryl methyl sites for hydroxylation is 1. The highest BCUT2D eigenvalue weighted by Gasteiger charge is 2.14. The molecule has 0 spiro atoms. The molecule has 0 amide bonds. The normalized spacial score (nSPS) is 15.2. The number of ether oxygens (including phenoxy) is 1. The minimum atomic E-state index is 0.548. The average molecular weight is 420 g/mol. The zero-order chi connectivity index (χ0) is 20.3. The van der Waals surface area contributed by atoms with E-state index in [1.165, 1.54) is 38.5 Å². The van der Waals surface area contributed by atoms with E-state index in [2.05, 4.69) is 21.5 Å². The molecule has 30 heavy (non-hydrogen) atoms. The lowest BCUT2D eigenvalue weighted by Crippen LogP contribution is -2.17. The van der Waals surface area contributed by atoms with Crippen LogP contribution in [0.2, 0.25) is 0 Å². The summed E-state index contributed by atoms with van der Waals surface area (Å²) in [6.07, 6.45) is 13.3. The van der Waals surface area contributed by atoms with Crippen molar-refractivity contribution in [3.63, 3.8) is 0 Å². The van der Waals surface area contributed by atoms with Crippen molar-refractivity contribution in [1.82, 2.24) is 19.7 Å². The predicted molar refractivity (Wildman–Crippen MR) is 121 cm³/mol. The second-order valence-electron chi connectivity index (χ2n) is 7.86. The van der Waals surface area contributed by atoms with Gasteiger partial charge in [0.2, 0.25) is 0 Å². The van der Waals surface area contributed by atoms with Crippen LogP contribution < -0.4 is 10.1 Å². The Balaban J connectivity index is 1.33. The summed E-state index contributed by atoms with van der Waals surface area (Å²) in [5.41, 5.74) is 2.82. The van der Waals surface area contributed by atoms with E-state index in [-0.39, 0.29) is 0 Å². The number of aromatic nitrogens is 4. The van der Waals surface area contributed by atoms with Crippen molar-refractivity contribution in [1.29, 1.82) is 0 Å². The molecule has 0 unspecified atom stereocenters. The monoisotopic (exact) mass is 419 g/mol. The first kappa shape index (κ1) is 19.1. The molecule has 0 aliphatic heterocycles. The molecule has 0 radical (unpaired) electrons. The summed E-state index contributed by atoms with van der Waals surface area (Å²) in [5, 5.41) is 8.88. The fraction of sp³-hybridized carbons (Fsp3) is 0.348. The maximum Gasteiger partial charge on any atom is 0.184 e. The van der Waals surface area contributed by atoms with Gasteiger partial charge in [-0.25, -0.2) is 4.98 Å². The van der Waals surface area contributed by atoms with Gasteiger partial charge >= 0.3 is 0 Å². The summed E-state index contributed by atoms with van der Waals surface area (Å²) >= 11 is 1.70. The molecule has 1 N–H and O–H groups in total. The number of hydrogen-bond donors (Lipinski definition) is 1. The second kappa shape index (κ2) is 8.44. The van der Waals surface area contributed by atoms with E-state index < -0.39 is 0 Å². The number of nitrogens with zero attached hydrogens (tertiary/aromatic N) is 4. The molecular formula is C23H25N5OS. The van der Waals surface area contributed by atoms with Gasteiger partial charge in [-0.1, -0.05) is 37.0 Å². The summed E-state index contributed by atoms with van der Waals surface area (Å²) in [7, 11) is 1.90. The van der Waals surface area contributed by atoms with Crippen LogP contribution in [0.5, 0.6) is 11.5 Å². The molecule has 4 aromatic rings. The Kier molecular flexibility index (Phi) is 5.36. The largest absolute Gasteiger partial charge is 0.457 e. The molecule has 3 aromatic heterocycles. The minimum absolute atomic E-state index is 0.548. The summed E-state index contributed by atoms with van der Waals surface area (Å²) in [5.74, 6) is 1.56. The average Bonchev–Trinajstić information content (AvgIpc) is 3.26. The van der Waals surface area contributed by atoms with Crippen LogP contribution in [0, 0.1) is 0 Å². The lowest BCUT2D eigenvalue weighted by Gasteiger charge is -2.14. The Labute approximate surface area is 179 Å². The van der Waals surface area contributed by atoms with Gasteiger partial charge in [0.25, 0.3) is 0 Å². The van der Waals surface area contributed by atoms with Crippen LogP contribution in [-0.2, 0) is 7.05 Å². The number of anilines is 1. The number of benzene rings is 1. The van der Waals surface area contributed by atoms with Crippen LogP contribution in [0.4, 0.5) is 5.13 Å². The number of pyridine rings is 1. The maximum atomic E-state index is 6.12. The number of nitrogens with one attached hydrogen (secondary N) is 1. The zero-order valence-electron chi connectivity index (χ0n) is 17.0. The van der Waals surface area contributed by atoms with E-state index in [9.17, 15) is 0 Å². The van der Waals surface area contributed by atoms with Gasteiger partial charge < -0.3 is 10.1 Å². The quantitative estimate of drug-likeness (QED) is 0.401. The third-order valence-corrected chi connectivity index (χ3v) is 6.46. The fourth-order valence-corrected chi connectivity index (χ4v) is 4.92. The van der Waals surface area contributed by atoms with Crippen LogP contribution in [-0.4, -0.2) is 25.8 Å². The van der Waals surface area contributed by atoms with Crippen molar-refractivity contribution in [3.8, 4) is 22.8 Å². The lowest BCUT2D eigenvalue weighted by atomic mass is 10.1. The first-order valence-corrected chi connectivity index (χ1v) is 11.3. The van der Waals surface area contributed by atoms with Gasteiger partial charge in [-0.05, 0) is 31.0 Å². The number of hydrogen-bond acceptors (Lipinski definition) is 6. The van der Waals surface area contributed by atoms with Gasteiger partial charge in [0.05, 0.1) is 22.1 Å². The maximum absolute atomic E-state index is 6.12. The van der Waals surface area contributed by atoms with Crippen molar-refractivity contribution < 1.29 is 4.74 Å². The molecule has 1 fully saturated rings. The summed E-state index contributed by atoms with van der Waals surface area (Å²) < 4.78 is 9.02. The first-order valence-electron chi connectivity index (χ1n) is 10.5. The van der Waals surface area contributed by atoms with Gasteiger partial charge in [0, 0.05) is 43.2 Å². The predicted octanol–water partition coefficient (Wildman–Crippen LogP) is 6.02. The first-order chi connectivity index (χ1) is 14.7. The third-order valence-electron chi connectivity index (χ3n) is 5.51. The lowest BCUT2D eigenvalue weighted by molar-refractivity contribution is 0.483. The van der Waals surface area contributed by atoms with Crippen LogP contribution in [0.3, 0.4) is 0 Å². The van der Waals surface area contributed by atoms with E-state index in [4.69, 9.17) is 9.72 Å². The van der Waals surface area contributed by atoms with Crippen LogP contribution in [0.25, 0.3) is 21.5 Å². The Bertz CT molecular complexity index is 1140. The minimum Gasteiger partial charge on any atom is -0.457 e. The molecule has 0 bridgehead atoms. The molecule has 1 aliphatic carbocycles. The standard InChI is InChI=1S/C23H25N5OS/c1-28-15-16(14-25-28)21-12-19(10-11-24-21)29-18-8-9-20-22(13-18)30-23(27-20)26-17-6-4-2-3-5-7-17/h8-15,17H,2-7H2,1H3,(H,26,27). The molecule has 154 valence electrons. The number of thiazole rings is 1. The third kappa shape index (κ3) is 4.31. The smallest absolute Gasteiger partial charge is 0.184 e. The van der Waals surface area contributed by atoms with E-state index in [1.54, 1.807) is 28.4 Å². The van der Waals surface area contributed by atoms with Crippen LogP contribution in [0.1, 0.15) is 38.5 Å². The Morgan fingerprint density at radius 1 is 1.07 bits per heavy atom. The van der Waals surface area contributed by atoms with Crippen molar-refractivity contribution in [2.24, 2.45) is 7.05 Å². The molecule has 6 nitrogen and oxygen atoms in total. The van der Waals surface area contributed by atoms with E-state index in [1.807, 2.05) is 37.5 Å². The second-order valence-corrected chi connectivity index (χ2v) is 8.89. The van der Waals surface area contributed by atoms with Crippen LogP contribution in [0.15, 0.2) is 48.9 Å². The highest BCUT2D eigenvalue weighted by atomic mass is 32.1. The molecule has 0 atom stereocenters. The van der Waals surface area contributed by atoms with E-state index in [0.29, 0.717) is 6.04 Å². The molecule has 3 heterocycles. The summed E-state index contributed by atoms with van der Waals surface area (Å²) in [4.78, 5) is 9.20.